The van der Waals surface area contributed by atoms with E-state index in [-0.39, 0.29) is 4.90 Å². The molecule has 1 saturated heterocycles. The maximum atomic E-state index is 12.0. The number of nitrogens with two attached hydrogens (primary N) is 1. The summed E-state index contributed by atoms with van der Waals surface area (Å²) in [5.74, 6) is 0.454. The molecular weight excluding hydrogens is 214 g/mol. The zero-order valence-electron chi connectivity index (χ0n) is 8.31. The summed E-state index contributed by atoms with van der Waals surface area (Å²) < 4.78 is 25.5. The van der Waals surface area contributed by atoms with Crippen LogP contribution >= 0.6 is 0 Å². The van der Waals surface area contributed by atoms with E-state index >= 15 is 0 Å². The highest BCUT2D eigenvalue weighted by atomic mass is 32.2. The zero-order chi connectivity index (χ0) is 10.9. The molecule has 0 aromatic carbocycles. The van der Waals surface area contributed by atoms with Gasteiger partial charge in [-0.2, -0.15) is 4.31 Å². The monoisotopic (exact) mass is 228 g/mol. The van der Waals surface area contributed by atoms with E-state index in [1.165, 1.54) is 16.6 Å². The van der Waals surface area contributed by atoms with Crippen LogP contribution in [0.2, 0.25) is 0 Å². The van der Waals surface area contributed by atoms with Crippen LogP contribution in [0.4, 0.5) is 5.82 Å². The quantitative estimate of drug-likeness (QED) is 0.765. The molecule has 0 spiro atoms. The average Bonchev–Trinajstić information content (AvgIpc) is 2.71. The third-order valence-electron chi connectivity index (χ3n) is 2.51. The van der Waals surface area contributed by atoms with Crippen molar-refractivity contribution in [1.29, 1.82) is 0 Å². The third kappa shape index (κ3) is 1.95. The lowest BCUT2D eigenvalue weighted by Crippen LogP contribution is -2.28. The van der Waals surface area contributed by atoms with Crippen LogP contribution in [0.5, 0.6) is 0 Å². The molecular formula is C9H14N3O2S+. The van der Waals surface area contributed by atoms with Gasteiger partial charge in [0, 0.05) is 19.2 Å². The van der Waals surface area contributed by atoms with Crippen LogP contribution in [0.1, 0.15) is 12.8 Å². The van der Waals surface area contributed by atoms with Crippen LogP contribution in [0, 0.1) is 0 Å². The number of pyridine rings is 1. The molecule has 82 valence electrons. The highest BCUT2D eigenvalue weighted by molar-refractivity contribution is 7.89. The highest BCUT2D eigenvalue weighted by Crippen LogP contribution is 2.19. The number of aromatic amines is 1. The summed E-state index contributed by atoms with van der Waals surface area (Å²) in [4.78, 5) is 2.98. The van der Waals surface area contributed by atoms with Crippen molar-refractivity contribution < 1.29 is 13.4 Å². The van der Waals surface area contributed by atoms with E-state index in [1.807, 2.05) is 0 Å². The Kier molecular flexibility index (Phi) is 2.62. The van der Waals surface area contributed by atoms with E-state index < -0.39 is 10.0 Å². The predicted molar refractivity (Wildman–Crippen MR) is 55.4 cm³/mol. The summed E-state index contributed by atoms with van der Waals surface area (Å²) in [7, 11) is -3.31. The van der Waals surface area contributed by atoms with Crippen molar-refractivity contribution in [3.63, 3.8) is 0 Å². The molecule has 15 heavy (non-hydrogen) atoms. The largest absolute Gasteiger partial charge is 0.287 e. The van der Waals surface area contributed by atoms with Crippen LogP contribution in [-0.4, -0.2) is 25.8 Å². The third-order valence-corrected chi connectivity index (χ3v) is 4.41. The zero-order valence-corrected chi connectivity index (χ0v) is 9.13. The second kappa shape index (κ2) is 3.79. The summed E-state index contributed by atoms with van der Waals surface area (Å²) in [5, 5.41) is 0. The van der Waals surface area contributed by atoms with Gasteiger partial charge in [0.1, 0.15) is 11.1 Å². The number of hydrogen-bond donors (Lipinski definition) is 1. The number of H-pyrrole nitrogens is 1. The fourth-order valence-corrected chi connectivity index (χ4v) is 3.15. The van der Waals surface area contributed by atoms with E-state index in [9.17, 15) is 8.42 Å². The summed E-state index contributed by atoms with van der Waals surface area (Å²) >= 11 is 0. The standard InChI is InChI=1S/C9H13N3O2S/c10-9-4-3-8(7-11-9)15(13,14)12-5-1-2-6-12/h3-4,7H,1-2,5-6H2,(H2,10,11)/p+1. The van der Waals surface area contributed by atoms with Crippen molar-refractivity contribution in [3.05, 3.63) is 18.3 Å². The van der Waals surface area contributed by atoms with Crippen LogP contribution < -0.4 is 10.7 Å². The topological polar surface area (TPSA) is 77.5 Å². The van der Waals surface area contributed by atoms with Crippen molar-refractivity contribution in [2.45, 2.75) is 17.7 Å². The first-order chi connectivity index (χ1) is 7.10. The van der Waals surface area contributed by atoms with Crippen LogP contribution in [0.3, 0.4) is 0 Å². The molecule has 1 aromatic heterocycles. The van der Waals surface area contributed by atoms with Gasteiger partial charge in [-0.1, -0.05) is 0 Å². The molecule has 1 aliphatic heterocycles. The number of sulfonamides is 1. The molecule has 2 rings (SSSR count). The van der Waals surface area contributed by atoms with E-state index in [2.05, 4.69) is 4.98 Å². The van der Waals surface area contributed by atoms with Crippen molar-refractivity contribution >= 4 is 15.8 Å². The van der Waals surface area contributed by atoms with Crippen LogP contribution in [0.15, 0.2) is 23.2 Å². The molecule has 1 aromatic rings. The lowest BCUT2D eigenvalue weighted by molar-refractivity contribution is -0.363. The molecule has 5 nitrogen and oxygen atoms in total. The van der Waals surface area contributed by atoms with E-state index in [1.54, 1.807) is 6.07 Å². The second-order valence-corrected chi connectivity index (χ2v) is 5.53. The Balaban J connectivity index is 2.32. The lowest BCUT2D eigenvalue weighted by atomic mass is 10.4. The molecule has 1 aliphatic rings. The molecule has 2 heterocycles. The van der Waals surface area contributed by atoms with Gasteiger partial charge in [-0.25, -0.2) is 13.4 Å². The number of aromatic nitrogens is 1. The molecule has 0 saturated carbocycles. The average molecular weight is 228 g/mol. The number of nitrogens with zero attached hydrogens (tertiary/aromatic N) is 1. The number of rotatable bonds is 2. The number of nitrogen functional groups attached to an aromatic ring is 1. The van der Waals surface area contributed by atoms with Gasteiger partial charge in [0.25, 0.3) is 5.82 Å². The molecule has 0 aliphatic carbocycles. The molecule has 0 bridgehead atoms. The number of hydrogen-bond acceptors (Lipinski definition) is 3. The molecule has 6 heteroatoms. The Morgan fingerprint density at radius 3 is 2.47 bits per heavy atom. The first-order valence-corrected chi connectivity index (χ1v) is 6.32. The Labute approximate surface area is 89.0 Å². The molecule has 1 fully saturated rings. The van der Waals surface area contributed by atoms with Crippen molar-refractivity contribution in [3.8, 4) is 0 Å². The maximum Gasteiger partial charge on any atom is 0.270 e. The van der Waals surface area contributed by atoms with Gasteiger partial charge in [0.2, 0.25) is 10.0 Å². The van der Waals surface area contributed by atoms with Gasteiger partial charge in [0.15, 0.2) is 0 Å². The first-order valence-electron chi connectivity index (χ1n) is 4.88. The van der Waals surface area contributed by atoms with Gasteiger partial charge < -0.3 is 0 Å². The molecule has 0 radical (unpaired) electrons. The van der Waals surface area contributed by atoms with E-state index in [0.717, 1.165) is 12.8 Å². The van der Waals surface area contributed by atoms with Crippen molar-refractivity contribution in [2.24, 2.45) is 0 Å². The van der Waals surface area contributed by atoms with E-state index in [4.69, 9.17) is 5.73 Å². The maximum absolute atomic E-state index is 12.0. The first kappa shape index (κ1) is 10.4. The molecule has 0 amide bonds. The summed E-state index contributed by atoms with van der Waals surface area (Å²) in [6, 6.07) is 3.09. The minimum Gasteiger partial charge on any atom is -0.287 e. The Morgan fingerprint density at radius 1 is 1.27 bits per heavy atom. The van der Waals surface area contributed by atoms with Gasteiger partial charge in [-0.15, -0.1) is 0 Å². The minimum absolute atomic E-state index is 0.276. The van der Waals surface area contributed by atoms with Gasteiger partial charge in [0.05, 0.1) is 0 Å². The van der Waals surface area contributed by atoms with Crippen molar-refractivity contribution in [2.75, 3.05) is 18.8 Å². The number of anilines is 1. The summed E-state index contributed by atoms with van der Waals surface area (Å²) in [6.07, 6.45) is 3.32. The normalized spacial score (nSPS) is 18.1. The van der Waals surface area contributed by atoms with Gasteiger partial charge in [-0.05, 0) is 18.9 Å². The molecule has 0 unspecified atom stereocenters. The predicted octanol–water partition coefficient (Wildman–Crippen LogP) is -0.133. The van der Waals surface area contributed by atoms with Crippen LogP contribution in [-0.2, 0) is 10.0 Å². The molecule has 0 atom stereocenters. The van der Waals surface area contributed by atoms with Gasteiger partial charge >= 0.3 is 0 Å². The fourth-order valence-electron chi connectivity index (χ4n) is 1.66. The molecule has 3 N–H and O–H groups in total. The highest BCUT2D eigenvalue weighted by Gasteiger charge is 2.27. The lowest BCUT2D eigenvalue weighted by Gasteiger charge is -2.14. The Morgan fingerprint density at radius 2 is 1.93 bits per heavy atom. The second-order valence-electron chi connectivity index (χ2n) is 3.59. The van der Waals surface area contributed by atoms with Crippen molar-refractivity contribution in [1.82, 2.24) is 4.31 Å². The van der Waals surface area contributed by atoms with Crippen LogP contribution in [0.25, 0.3) is 0 Å². The summed E-state index contributed by atoms with van der Waals surface area (Å²) in [5.41, 5.74) is 5.46. The SMILES string of the molecule is Nc1ccc(S(=O)(=O)N2CCCC2)c[nH+]1. The van der Waals surface area contributed by atoms with E-state index in [0.29, 0.717) is 18.9 Å². The summed E-state index contributed by atoms with van der Waals surface area (Å²) in [6.45, 7) is 1.24. The Bertz CT molecular complexity index is 435. The minimum atomic E-state index is -3.31. The Hall–Kier alpha value is -1.14. The number of nitrogens with one attached hydrogen (secondary N) is 1. The smallest absolute Gasteiger partial charge is 0.270 e. The van der Waals surface area contributed by atoms with Gasteiger partial charge in [-0.3, -0.25) is 5.73 Å². The fraction of sp³-hybridized carbons (Fsp3) is 0.444.